The Bertz CT molecular complexity index is 561. The molecule has 1 aromatic heterocycles. The van der Waals surface area contributed by atoms with Crippen molar-refractivity contribution in [1.29, 1.82) is 0 Å². The highest BCUT2D eigenvalue weighted by Gasteiger charge is 2.21. The Balaban J connectivity index is 2.51. The van der Waals surface area contributed by atoms with E-state index in [4.69, 9.17) is 11.6 Å². The van der Waals surface area contributed by atoms with Crippen molar-refractivity contribution < 1.29 is 0 Å². The van der Waals surface area contributed by atoms with E-state index in [1.165, 1.54) is 11.1 Å². The zero-order valence-corrected chi connectivity index (χ0v) is 13.6. The molecular weight excluding hydrogens is 326 g/mol. The van der Waals surface area contributed by atoms with Gasteiger partial charge < -0.3 is 5.32 Å². The van der Waals surface area contributed by atoms with E-state index in [1.54, 1.807) is 0 Å². The van der Waals surface area contributed by atoms with Gasteiger partial charge in [-0.2, -0.15) is 5.10 Å². The first kappa shape index (κ1) is 14.6. The fourth-order valence-corrected chi connectivity index (χ4v) is 3.07. The second kappa shape index (κ2) is 6.07. The molecule has 1 heterocycles. The van der Waals surface area contributed by atoms with Crippen molar-refractivity contribution in [2.24, 2.45) is 7.05 Å². The first-order valence-electron chi connectivity index (χ1n) is 6.21. The van der Waals surface area contributed by atoms with E-state index in [-0.39, 0.29) is 6.04 Å². The van der Waals surface area contributed by atoms with Gasteiger partial charge in [-0.15, -0.1) is 0 Å². The van der Waals surface area contributed by atoms with Gasteiger partial charge in [0.15, 0.2) is 0 Å². The van der Waals surface area contributed by atoms with Gasteiger partial charge in [-0.3, -0.25) is 4.68 Å². The highest BCUT2D eigenvalue weighted by molar-refractivity contribution is 9.10. The molecule has 0 amide bonds. The van der Waals surface area contributed by atoms with Crippen LogP contribution in [0, 0.1) is 6.92 Å². The smallest absolute Gasteiger partial charge is 0.0762 e. The third-order valence-electron chi connectivity index (χ3n) is 3.16. The fraction of sp³-hybridized carbons (Fsp3) is 0.357. The summed E-state index contributed by atoms with van der Waals surface area (Å²) in [5.74, 6) is 0. The Hall–Kier alpha value is -0.840. The molecule has 102 valence electrons. The van der Waals surface area contributed by atoms with Crippen LogP contribution in [-0.2, 0) is 7.05 Å². The minimum atomic E-state index is 0.101. The van der Waals surface area contributed by atoms with Gasteiger partial charge in [0.1, 0.15) is 0 Å². The van der Waals surface area contributed by atoms with Crippen LogP contribution in [0.4, 0.5) is 0 Å². The number of rotatable bonds is 4. The molecule has 19 heavy (non-hydrogen) atoms. The predicted molar refractivity (Wildman–Crippen MR) is 82.6 cm³/mol. The molecule has 1 aromatic carbocycles. The number of aromatic nitrogens is 2. The Morgan fingerprint density at radius 1 is 1.47 bits per heavy atom. The molecule has 0 spiro atoms. The van der Waals surface area contributed by atoms with Crippen molar-refractivity contribution >= 4 is 27.5 Å². The topological polar surface area (TPSA) is 29.9 Å². The van der Waals surface area contributed by atoms with Gasteiger partial charge in [-0.25, -0.2) is 0 Å². The molecule has 0 saturated heterocycles. The predicted octanol–water partition coefficient (Wildman–Crippen LogP) is 3.84. The van der Waals surface area contributed by atoms with E-state index in [9.17, 15) is 0 Å². The average Bonchev–Trinajstić information content (AvgIpc) is 2.67. The Kier molecular flexibility index (Phi) is 4.66. The Morgan fingerprint density at radius 3 is 2.74 bits per heavy atom. The highest BCUT2D eigenvalue weighted by atomic mass is 79.9. The maximum absolute atomic E-state index is 6.04. The molecule has 2 aromatic rings. The van der Waals surface area contributed by atoms with E-state index >= 15 is 0 Å². The van der Waals surface area contributed by atoms with Crippen LogP contribution in [0.1, 0.15) is 29.8 Å². The van der Waals surface area contributed by atoms with Crippen molar-refractivity contribution in [1.82, 2.24) is 15.1 Å². The summed E-state index contributed by atoms with van der Waals surface area (Å²) < 4.78 is 2.90. The lowest BCUT2D eigenvalue weighted by Crippen LogP contribution is -2.25. The number of hydrogen-bond donors (Lipinski definition) is 1. The van der Waals surface area contributed by atoms with Gasteiger partial charge in [0.05, 0.1) is 22.4 Å². The van der Waals surface area contributed by atoms with Crippen molar-refractivity contribution in [3.8, 4) is 0 Å². The van der Waals surface area contributed by atoms with Crippen LogP contribution < -0.4 is 5.32 Å². The standard InChI is InChI=1S/C14H17BrClN3/c1-4-17-13(14-12(15)8-18-19(14)3)11-6-5-10(16)7-9(11)2/h5-8,13,17H,4H2,1-3H3. The van der Waals surface area contributed by atoms with Crippen molar-refractivity contribution in [3.63, 3.8) is 0 Å². The molecule has 1 unspecified atom stereocenters. The van der Waals surface area contributed by atoms with Gasteiger partial charge in [-0.05, 0) is 52.7 Å². The molecule has 0 saturated carbocycles. The third kappa shape index (κ3) is 3.02. The number of halogens is 2. The monoisotopic (exact) mass is 341 g/mol. The molecule has 2 rings (SSSR count). The van der Waals surface area contributed by atoms with Crippen LogP contribution in [0.3, 0.4) is 0 Å². The molecule has 0 radical (unpaired) electrons. The fourth-order valence-electron chi connectivity index (χ4n) is 2.27. The van der Waals surface area contributed by atoms with Crippen LogP contribution in [0.25, 0.3) is 0 Å². The molecule has 0 fully saturated rings. The summed E-state index contributed by atoms with van der Waals surface area (Å²) in [5.41, 5.74) is 3.51. The number of aryl methyl sites for hydroxylation is 2. The molecule has 0 aliphatic rings. The average molecular weight is 343 g/mol. The maximum Gasteiger partial charge on any atom is 0.0762 e. The quantitative estimate of drug-likeness (QED) is 0.915. The van der Waals surface area contributed by atoms with Crippen molar-refractivity contribution in [3.05, 3.63) is 50.7 Å². The molecule has 3 nitrogen and oxygen atoms in total. The van der Waals surface area contributed by atoms with Crippen LogP contribution in [0.15, 0.2) is 28.9 Å². The van der Waals surface area contributed by atoms with Gasteiger partial charge in [-0.1, -0.05) is 24.6 Å². The van der Waals surface area contributed by atoms with Gasteiger partial charge in [0.2, 0.25) is 0 Å². The normalized spacial score (nSPS) is 12.7. The number of hydrogen-bond acceptors (Lipinski definition) is 2. The van der Waals surface area contributed by atoms with Crippen molar-refractivity contribution in [2.45, 2.75) is 19.9 Å². The first-order chi connectivity index (χ1) is 9.04. The number of nitrogens with one attached hydrogen (secondary N) is 1. The van der Waals surface area contributed by atoms with E-state index in [0.29, 0.717) is 0 Å². The van der Waals surface area contributed by atoms with E-state index < -0.39 is 0 Å². The molecule has 1 N–H and O–H groups in total. The largest absolute Gasteiger partial charge is 0.305 e. The zero-order chi connectivity index (χ0) is 14.0. The van der Waals surface area contributed by atoms with Crippen LogP contribution in [0.2, 0.25) is 5.02 Å². The molecule has 0 aliphatic heterocycles. The summed E-state index contributed by atoms with van der Waals surface area (Å²) in [7, 11) is 1.95. The van der Waals surface area contributed by atoms with E-state index in [2.05, 4.69) is 46.3 Å². The van der Waals surface area contributed by atoms with Gasteiger partial charge >= 0.3 is 0 Å². The Labute approximate surface area is 127 Å². The summed E-state index contributed by atoms with van der Waals surface area (Å²) in [4.78, 5) is 0. The lowest BCUT2D eigenvalue weighted by atomic mass is 9.98. The lowest BCUT2D eigenvalue weighted by Gasteiger charge is -2.21. The first-order valence-corrected chi connectivity index (χ1v) is 7.38. The molecule has 5 heteroatoms. The Morgan fingerprint density at radius 2 is 2.21 bits per heavy atom. The molecule has 0 bridgehead atoms. The third-order valence-corrected chi connectivity index (χ3v) is 4.01. The minimum absolute atomic E-state index is 0.101. The number of benzene rings is 1. The highest BCUT2D eigenvalue weighted by Crippen LogP contribution is 2.30. The van der Waals surface area contributed by atoms with Crippen LogP contribution in [0.5, 0.6) is 0 Å². The summed E-state index contributed by atoms with van der Waals surface area (Å²) >= 11 is 9.61. The second-order valence-corrected chi connectivity index (χ2v) is 5.78. The maximum atomic E-state index is 6.04. The van der Waals surface area contributed by atoms with E-state index in [1.807, 2.05) is 30.1 Å². The van der Waals surface area contributed by atoms with E-state index in [0.717, 1.165) is 21.7 Å². The van der Waals surface area contributed by atoms with Gasteiger partial charge in [0, 0.05) is 12.1 Å². The molecular formula is C14H17BrClN3. The molecule has 0 aliphatic carbocycles. The zero-order valence-electron chi connectivity index (χ0n) is 11.2. The summed E-state index contributed by atoms with van der Waals surface area (Å²) in [5, 5.41) is 8.57. The van der Waals surface area contributed by atoms with Crippen LogP contribution >= 0.6 is 27.5 Å². The summed E-state index contributed by atoms with van der Waals surface area (Å²) in [6.07, 6.45) is 1.82. The SMILES string of the molecule is CCNC(c1ccc(Cl)cc1C)c1c(Br)cnn1C. The summed E-state index contributed by atoms with van der Waals surface area (Å²) in [6.45, 7) is 5.06. The second-order valence-electron chi connectivity index (χ2n) is 4.49. The summed E-state index contributed by atoms with van der Waals surface area (Å²) in [6, 6.07) is 6.10. The minimum Gasteiger partial charge on any atom is -0.305 e. The van der Waals surface area contributed by atoms with Crippen LogP contribution in [-0.4, -0.2) is 16.3 Å². The number of nitrogens with zero attached hydrogens (tertiary/aromatic N) is 2. The van der Waals surface area contributed by atoms with Gasteiger partial charge in [0.25, 0.3) is 0 Å². The lowest BCUT2D eigenvalue weighted by molar-refractivity contribution is 0.569. The van der Waals surface area contributed by atoms with Crippen molar-refractivity contribution in [2.75, 3.05) is 6.54 Å². The molecule has 1 atom stereocenters.